The first-order chi connectivity index (χ1) is 6.65. The maximum absolute atomic E-state index is 8.55. The zero-order valence-electron chi connectivity index (χ0n) is 9.11. The minimum Gasteiger partial charge on any atom is -0.409 e. The molecule has 3 N–H and O–H groups in total. The molecule has 0 bridgehead atoms. The van der Waals surface area contributed by atoms with Gasteiger partial charge in [-0.15, -0.1) is 0 Å². The van der Waals surface area contributed by atoms with E-state index in [1.54, 1.807) is 0 Å². The number of rotatable bonds is 4. The molecule has 1 aliphatic carbocycles. The van der Waals surface area contributed by atoms with Crippen LogP contribution in [0.2, 0.25) is 0 Å². The molecule has 82 valence electrons. The summed E-state index contributed by atoms with van der Waals surface area (Å²) in [7, 11) is 2.03. The van der Waals surface area contributed by atoms with Gasteiger partial charge in [0.2, 0.25) is 0 Å². The SMILES string of the molecule is CC(C(N)=NO)N(C)CC1CCCC1. The van der Waals surface area contributed by atoms with Crippen LogP contribution < -0.4 is 5.73 Å². The highest BCUT2D eigenvalue weighted by atomic mass is 16.4. The number of nitrogens with zero attached hydrogens (tertiary/aromatic N) is 2. The third-order valence-electron chi connectivity index (χ3n) is 3.23. The van der Waals surface area contributed by atoms with E-state index in [0.29, 0.717) is 5.84 Å². The highest BCUT2D eigenvalue weighted by molar-refractivity contribution is 5.84. The van der Waals surface area contributed by atoms with Crippen molar-refractivity contribution in [3.05, 3.63) is 0 Å². The van der Waals surface area contributed by atoms with E-state index < -0.39 is 0 Å². The largest absolute Gasteiger partial charge is 0.409 e. The lowest BCUT2D eigenvalue weighted by molar-refractivity contribution is 0.249. The summed E-state index contributed by atoms with van der Waals surface area (Å²) in [6.07, 6.45) is 5.37. The molecular formula is C10H21N3O. The Bertz CT molecular complexity index is 200. The molecule has 4 nitrogen and oxygen atoms in total. The molecule has 0 heterocycles. The van der Waals surface area contributed by atoms with Crippen LogP contribution in [-0.4, -0.2) is 35.6 Å². The lowest BCUT2D eigenvalue weighted by atomic mass is 10.1. The molecule has 0 radical (unpaired) electrons. The lowest BCUT2D eigenvalue weighted by Gasteiger charge is -2.26. The number of amidine groups is 1. The minimum atomic E-state index is 0.0283. The summed E-state index contributed by atoms with van der Waals surface area (Å²) in [5.74, 6) is 1.10. The van der Waals surface area contributed by atoms with E-state index in [1.807, 2.05) is 14.0 Å². The number of hydrogen-bond donors (Lipinski definition) is 2. The molecule has 1 unspecified atom stereocenters. The molecular weight excluding hydrogens is 178 g/mol. The summed E-state index contributed by atoms with van der Waals surface area (Å²) in [5.41, 5.74) is 5.55. The zero-order valence-corrected chi connectivity index (χ0v) is 9.11. The van der Waals surface area contributed by atoms with Crippen LogP contribution in [-0.2, 0) is 0 Å². The van der Waals surface area contributed by atoms with Crippen molar-refractivity contribution in [2.75, 3.05) is 13.6 Å². The first-order valence-corrected chi connectivity index (χ1v) is 5.32. The molecule has 0 aromatic rings. The average molecular weight is 199 g/mol. The van der Waals surface area contributed by atoms with Crippen molar-refractivity contribution in [2.45, 2.75) is 38.6 Å². The number of likely N-dealkylation sites (N-methyl/N-ethyl adjacent to an activating group) is 1. The van der Waals surface area contributed by atoms with Gasteiger partial charge in [-0.2, -0.15) is 0 Å². The van der Waals surface area contributed by atoms with Gasteiger partial charge in [0, 0.05) is 6.54 Å². The molecule has 1 aliphatic rings. The van der Waals surface area contributed by atoms with E-state index in [1.165, 1.54) is 25.7 Å². The van der Waals surface area contributed by atoms with E-state index in [-0.39, 0.29) is 6.04 Å². The van der Waals surface area contributed by atoms with Crippen molar-refractivity contribution in [3.8, 4) is 0 Å². The normalized spacial score (nSPS) is 21.8. The van der Waals surface area contributed by atoms with Crippen molar-refractivity contribution < 1.29 is 5.21 Å². The van der Waals surface area contributed by atoms with Gasteiger partial charge in [-0.25, -0.2) is 0 Å². The third-order valence-corrected chi connectivity index (χ3v) is 3.23. The molecule has 0 spiro atoms. The van der Waals surface area contributed by atoms with Gasteiger partial charge < -0.3 is 10.9 Å². The highest BCUT2D eigenvalue weighted by Crippen LogP contribution is 2.25. The molecule has 0 amide bonds. The third kappa shape index (κ3) is 2.87. The first-order valence-electron chi connectivity index (χ1n) is 5.32. The fraction of sp³-hybridized carbons (Fsp3) is 0.900. The van der Waals surface area contributed by atoms with Gasteiger partial charge >= 0.3 is 0 Å². The van der Waals surface area contributed by atoms with Crippen LogP contribution in [0, 0.1) is 5.92 Å². The molecule has 1 atom stereocenters. The van der Waals surface area contributed by atoms with Gasteiger partial charge in [0.15, 0.2) is 5.84 Å². The molecule has 1 rings (SSSR count). The Morgan fingerprint density at radius 2 is 2.14 bits per heavy atom. The molecule has 0 aromatic carbocycles. The lowest BCUT2D eigenvalue weighted by Crippen LogP contribution is -2.42. The van der Waals surface area contributed by atoms with E-state index in [2.05, 4.69) is 10.1 Å². The van der Waals surface area contributed by atoms with Crippen molar-refractivity contribution in [1.29, 1.82) is 0 Å². The maximum Gasteiger partial charge on any atom is 0.156 e. The minimum absolute atomic E-state index is 0.0283. The first kappa shape index (κ1) is 11.3. The van der Waals surface area contributed by atoms with Crippen LogP contribution in [0.4, 0.5) is 0 Å². The van der Waals surface area contributed by atoms with Gasteiger partial charge in [-0.1, -0.05) is 18.0 Å². The quantitative estimate of drug-likeness (QED) is 0.310. The van der Waals surface area contributed by atoms with Crippen LogP contribution in [0.5, 0.6) is 0 Å². The second-order valence-corrected chi connectivity index (χ2v) is 4.29. The molecule has 0 aromatic heterocycles. The molecule has 4 heteroatoms. The fourth-order valence-corrected chi connectivity index (χ4v) is 2.07. The Labute approximate surface area is 85.8 Å². The Hall–Kier alpha value is -0.770. The van der Waals surface area contributed by atoms with E-state index in [9.17, 15) is 0 Å². The smallest absolute Gasteiger partial charge is 0.156 e. The second-order valence-electron chi connectivity index (χ2n) is 4.29. The number of hydrogen-bond acceptors (Lipinski definition) is 3. The van der Waals surface area contributed by atoms with Crippen molar-refractivity contribution >= 4 is 5.84 Å². The molecule has 0 saturated heterocycles. The Balaban J connectivity index is 2.36. The van der Waals surface area contributed by atoms with E-state index >= 15 is 0 Å². The van der Waals surface area contributed by atoms with Gasteiger partial charge in [0.05, 0.1) is 6.04 Å². The van der Waals surface area contributed by atoms with E-state index in [0.717, 1.165) is 12.5 Å². The Kier molecular flexibility index (Phi) is 4.20. The highest BCUT2D eigenvalue weighted by Gasteiger charge is 2.20. The summed E-state index contributed by atoms with van der Waals surface area (Å²) >= 11 is 0. The standard InChI is InChI=1S/C10H21N3O/c1-8(10(11)12-14)13(2)7-9-5-3-4-6-9/h8-9,14H,3-7H2,1-2H3,(H2,11,12). The molecule has 1 saturated carbocycles. The van der Waals surface area contributed by atoms with Crippen molar-refractivity contribution in [1.82, 2.24) is 4.90 Å². The molecule has 0 aliphatic heterocycles. The van der Waals surface area contributed by atoms with Gasteiger partial charge in [0.25, 0.3) is 0 Å². The van der Waals surface area contributed by atoms with Crippen LogP contribution in [0.25, 0.3) is 0 Å². The zero-order chi connectivity index (χ0) is 10.6. The monoisotopic (exact) mass is 199 g/mol. The Morgan fingerprint density at radius 1 is 1.57 bits per heavy atom. The fourth-order valence-electron chi connectivity index (χ4n) is 2.07. The van der Waals surface area contributed by atoms with Crippen molar-refractivity contribution in [3.63, 3.8) is 0 Å². The van der Waals surface area contributed by atoms with Gasteiger partial charge in [0.1, 0.15) is 0 Å². The van der Waals surface area contributed by atoms with Crippen LogP contribution >= 0.6 is 0 Å². The van der Waals surface area contributed by atoms with Crippen LogP contribution in [0.3, 0.4) is 0 Å². The summed E-state index contributed by atoms with van der Waals surface area (Å²) in [6.45, 7) is 3.02. The maximum atomic E-state index is 8.55. The number of oxime groups is 1. The predicted molar refractivity (Wildman–Crippen MR) is 57.5 cm³/mol. The topological polar surface area (TPSA) is 61.9 Å². The van der Waals surface area contributed by atoms with Crippen LogP contribution in [0.1, 0.15) is 32.6 Å². The predicted octanol–water partition coefficient (Wildman–Crippen LogP) is 1.24. The van der Waals surface area contributed by atoms with Crippen molar-refractivity contribution in [2.24, 2.45) is 16.8 Å². The number of nitrogens with two attached hydrogens (primary N) is 1. The molecule has 1 fully saturated rings. The Morgan fingerprint density at radius 3 is 2.64 bits per heavy atom. The summed E-state index contributed by atoms with van der Waals surface area (Å²) in [6, 6.07) is 0.0283. The van der Waals surface area contributed by atoms with Gasteiger partial charge in [-0.3, -0.25) is 4.90 Å². The average Bonchev–Trinajstić information content (AvgIpc) is 2.68. The molecule has 14 heavy (non-hydrogen) atoms. The summed E-state index contributed by atoms with van der Waals surface area (Å²) in [4.78, 5) is 2.16. The van der Waals surface area contributed by atoms with Crippen LogP contribution in [0.15, 0.2) is 5.16 Å². The summed E-state index contributed by atoms with van der Waals surface area (Å²) in [5, 5.41) is 11.6. The second kappa shape index (κ2) is 5.20. The van der Waals surface area contributed by atoms with Gasteiger partial charge in [-0.05, 0) is 32.7 Å². The van der Waals surface area contributed by atoms with E-state index in [4.69, 9.17) is 10.9 Å². The summed E-state index contributed by atoms with van der Waals surface area (Å²) < 4.78 is 0.